The molecule has 0 spiro atoms. The van der Waals surface area contributed by atoms with Gasteiger partial charge in [0, 0.05) is 0 Å². The van der Waals surface area contributed by atoms with Crippen LogP contribution in [-0.2, 0) is 9.53 Å². The van der Waals surface area contributed by atoms with E-state index < -0.39 is 18.1 Å². The molecule has 130 valence electrons. The summed E-state index contributed by atoms with van der Waals surface area (Å²) in [5.41, 5.74) is 0. The quantitative estimate of drug-likeness (QED) is 0.727. The lowest BCUT2D eigenvalue weighted by molar-refractivity contribution is -0.141. The van der Waals surface area contributed by atoms with E-state index in [-0.39, 0.29) is 12.0 Å². The van der Waals surface area contributed by atoms with Crippen molar-refractivity contribution in [2.45, 2.75) is 76.4 Å². The molecule has 0 aromatic carbocycles. The third kappa shape index (κ3) is 5.26. The molecule has 3 unspecified atom stereocenters. The molecule has 0 aromatic rings. The van der Waals surface area contributed by atoms with E-state index in [0.29, 0.717) is 5.92 Å². The maximum Gasteiger partial charge on any atom is 0.408 e. The molecule has 0 saturated heterocycles. The van der Waals surface area contributed by atoms with E-state index in [1.165, 1.54) is 0 Å². The molecule has 2 rings (SSSR count). The molecular weight excluding hydrogens is 294 g/mol. The molecule has 0 bridgehead atoms. The number of nitrogens with one attached hydrogen (secondary N) is 1. The SMILES string of the molecule is C=CCC1CCCCC1OC(=O)NC(C(=O)O)C1CCCCC1. The Morgan fingerprint density at radius 1 is 1.13 bits per heavy atom. The third-order valence-corrected chi connectivity index (χ3v) is 5.23. The van der Waals surface area contributed by atoms with Crippen molar-refractivity contribution < 1.29 is 19.4 Å². The van der Waals surface area contributed by atoms with Gasteiger partial charge < -0.3 is 15.2 Å². The van der Waals surface area contributed by atoms with Crippen molar-refractivity contribution >= 4 is 12.1 Å². The van der Waals surface area contributed by atoms with Crippen LogP contribution in [0.1, 0.15) is 64.2 Å². The van der Waals surface area contributed by atoms with Crippen molar-refractivity contribution in [1.82, 2.24) is 5.32 Å². The van der Waals surface area contributed by atoms with Crippen molar-refractivity contribution in [2.75, 3.05) is 0 Å². The van der Waals surface area contributed by atoms with Crippen molar-refractivity contribution in [2.24, 2.45) is 11.8 Å². The molecule has 5 nitrogen and oxygen atoms in total. The second kappa shape index (κ2) is 8.94. The van der Waals surface area contributed by atoms with Crippen molar-refractivity contribution in [1.29, 1.82) is 0 Å². The summed E-state index contributed by atoms with van der Waals surface area (Å²) in [5.74, 6) is -0.630. The highest BCUT2D eigenvalue weighted by Gasteiger charge is 2.33. The first-order valence-corrected chi connectivity index (χ1v) is 8.92. The molecule has 0 aromatic heterocycles. The zero-order chi connectivity index (χ0) is 16.7. The average Bonchev–Trinajstić information content (AvgIpc) is 2.55. The first kappa shape index (κ1) is 17.8. The Kier molecular flexibility index (Phi) is 6.93. The predicted molar refractivity (Wildman–Crippen MR) is 88.2 cm³/mol. The zero-order valence-corrected chi connectivity index (χ0v) is 13.8. The highest BCUT2D eigenvalue weighted by Crippen LogP contribution is 2.30. The van der Waals surface area contributed by atoms with Crippen LogP contribution in [0.2, 0.25) is 0 Å². The minimum Gasteiger partial charge on any atom is -0.480 e. The van der Waals surface area contributed by atoms with Gasteiger partial charge in [-0.25, -0.2) is 9.59 Å². The van der Waals surface area contributed by atoms with Gasteiger partial charge in [0.05, 0.1) is 0 Å². The van der Waals surface area contributed by atoms with Crippen LogP contribution in [-0.4, -0.2) is 29.3 Å². The molecule has 2 fully saturated rings. The third-order valence-electron chi connectivity index (χ3n) is 5.23. The smallest absolute Gasteiger partial charge is 0.408 e. The molecule has 0 heterocycles. The number of rotatable bonds is 6. The Bertz CT molecular complexity index is 417. The standard InChI is InChI=1S/C18H29NO4/c1-2-8-13-9-6-7-12-15(13)23-18(22)19-16(17(20)21)14-10-4-3-5-11-14/h2,13-16H,1,3-12H2,(H,19,22)(H,20,21). The Morgan fingerprint density at radius 2 is 1.78 bits per heavy atom. The monoisotopic (exact) mass is 323 g/mol. The van der Waals surface area contributed by atoms with Crippen molar-refractivity contribution in [3.8, 4) is 0 Å². The topological polar surface area (TPSA) is 75.6 Å². The highest BCUT2D eigenvalue weighted by atomic mass is 16.6. The Morgan fingerprint density at radius 3 is 2.43 bits per heavy atom. The van der Waals surface area contributed by atoms with Gasteiger partial charge >= 0.3 is 12.1 Å². The first-order valence-electron chi connectivity index (χ1n) is 8.92. The first-order chi connectivity index (χ1) is 11.1. The lowest BCUT2D eigenvalue weighted by atomic mass is 9.84. The largest absolute Gasteiger partial charge is 0.480 e. The molecule has 3 atom stereocenters. The van der Waals surface area contributed by atoms with Crippen LogP contribution in [0.3, 0.4) is 0 Å². The molecule has 5 heteroatoms. The molecule has 0 radical (unpaired) electrons. The van der Waals surface area contributed by atoms with E-state index >= 15 is 0 Å². The number of amides is 1. The van der Waals surface area contributed by atoms with E-state index in [4.69, 9.17) is 4.74 Å². The fraction of sp³-hybridized carbons (Fsp3) is 0.778. The fourth-order valence-corrected chi connectivity index (χ4v) is 3.96. The van der Waals surface area contributed by atoms with Gasteiger partial charge in [0.1, 0.15) is 12.1 Å². The summed E-state index contributed by atoms with van der Waals surface area (Å²) in [6.07, 6.45) is 11.0. The second-order valence-electron chi connectivity index (χ2n) is 6.87. The lowest BCUT2D eigenvalue weighted by Gasteiger charge is -2.32. The van der Waals surface area contributed by atoms with E-state index in [1.807, 2.05) is 6.08 Å². The minimum atomic E-state index is -0.958. The maximum absolute atomic E-state index is 12.2. The van der Waals surface area contributed by atoms with Crippen LogP contribution in [0.15, 0.2) is 12.7 Å². The Balaban J connectivity index is 1.90. The van der Waals surface area contributed by atoms with E-state index in [9.17, 15) is 14.7 Å². The maximum atomic E-state index is 12.2. The van der Waals surface area contributed by atoms with E-state index in [2.05, 4.69) is 11.9 Å². The molecule has 2 aliphatic carbocycles. The molecular formula is C18H29NO4. The van der Waals surface area contributed by atoms with E-state index in [1.54, 1.807) is 0 Å². The number of hydrogen-bond acceptors (Lipinski definition) is 3. The van der Waals surface area contributed by atoms with Crippen LogP contribution in [0.25, 0.3) is 0 Å². The van der Waals surface area contributed by atoms with E-state index in [0.717, 1.165) is 64.2 Å². The van der Waals surface area contributed by atoms with Gasteiger partial charge in [-0.2, -0.15) is 0 Å². The van der Waals surface area contributed by atoms with Crippen LogP contribution < -0.4 is 5.32 Å². The van der Waals surface area contributed by atoms with Gasteiger partial charge in [-0.1, -0.05) is 31.8 Å². The van der Waals surface area contributed by atoms with Gasteiger partial charge in [0.25, 0.3) is 0 Å². The van der Waals surface area contributed by atoms with Gasteiger partial charge in [0.15, 0.2) is 0 Å². The number of carbonyl (C=O) groups is 2. The van der Waals surface area contributed by atoms with Crippen molar-refractivity contribution in [3.05, 3.63) is 12.7 Å². The molecule has 2 N–H and O–H groups in total. The molecule has 23 heavy (non-hydrogen) atoms. The molecule has 2 saturated carbocycles. The van der Waals surface area contributed by atoms with Crippen LogP contribution in [0.4, 0.5) is 4.79 Å². The Hall–Kier alpha value is -1.52. The fourth-order valence-electron chi connectivity index (χ4n) is 3.96. The number of carboxylic acids is 1. The van der Waals surface area contributed by atoms with Gasteiger partial charge in [-0.15, -0.1) is 6.58 Å². The Labute approximate surface area is 138 Å². The highest BCUT2D eigenvalue weighted by molar-refractivity contribution is 5.80. The second-order valence-corrected chi connectivity index (χ2v) is 6.87. The van der Waals surface area contributed by atoms with Gasteiger partial charge in [0.2, 0.25) is 0 Å². The molecule has 1 amide bonds. The van der Waals surface area contributed by atoms with Gasteiger partial charge in [-0.3, -0.25) is 0 Å². The summed E-state index contributed by atoms with van der Waals surface area (Å²) in [6, 6.07) is -0.829. The lowest BCUT2D eigenvalue weighted by Crippen LogP contribution is -2.48. The number of allylic oxidation sites excluding steroid dienone is 1. The minimum absolute atomic E-state index is 0.0177. The normalized spacial score (nSPS) is 27.0. The molecule has 2 aliphatic rings. The van der Waals surface area contributed by atoms with Crippen LogP contribution in [0, 0.1) is 11.8 Å². The van der Waals surface area contributed by atoms with Crippen LogP contribution in [0.5, 0.6) is 0 Å². The predicted octanol–water partition coefficient (Wildman–Crippen LogP) is 3.88. The number of ether oxygens (including phenoxy) is 1. The summed E-state index contributed by atoms with van der Waals surface area (Å²) in [7, 11) is 0. The number of hydrogen-bond donors (Lipinski definition) is 2. The van der Waals surface area contributed by atoms with Gasteiger partial charge in [-0.05, 0) is 50.4 Å². The number of carboxylic acid groups (broad SMARTS) is 1. The summed E-state index contributed by atoms with van der Waals surface area (Å²) in [5, 5.41) is 12.0. The molecule has 0 aliphatic heterocycles. The summed E-state index contributed by atoms with van der Waals surface area (Å²) in [6.45, 7) is 3.77. The van der Waals surface area contributed by atoms with Crippen molar-refractivity contribution in [3.63, 3.8) is 0 Å². The number of alkyl carbamates (subject to hydrolysis) is 1. The summed E-state index contributed by atoms with van der Waals surface area (Å²) >= 11 is 0. The number of carbonyl (C=O) groups excluding carboxylic acids is 1. The number of aliphatic carboxylic acids is 1. The van der Waals surface area contributed by atoms with Crippen LogP contribution >= 0.6 is 0 Å². The summed E-state index contributed by atoms with van der Waals surface area (Å²) in [4.78, 5) is 23.7. The average molecular weight is 323 g/mol. The summed E-state index contributed by atoms with van der Waals surface area (Å²) < 4.78 is 5.57. The zero-order valence-electron chi connectivity index (χ0n) is 13.8.